The number of carbonyl (C=O) groups is 1. The Morgan fingerprint density at radius 2 is 1.84 bits per heavy atom. The van der Waals surface area contributed by atoms with Crippen LogP contribution in [0.1, 0.15) is 16.7 Å². The Bertz CT molecular complexity index is 1160. The third-order valence-corrected chi connectivity index (χ3v) is 4.38. The number of hydrogen-bond acceptors (Lipinski definition) is 5. The van der Waals surface area contributed by atoms with E-state index in [1.165, 1.54) is 18.2 Å². The molecule has 0 aliphatic rings. The van der Waals surface area contributed by atoms with E-state index in [0.29, 0.717) is 22.6 Å². The Hall–Kier alpha value is -4.44. The first-order valence-corrected chi connectivity index (χ1v) is 9.40. The van der Waals surface area contributed by atoms with Gasteiger partial charge in [0.05, 0.1) is 16.6 Å². The standard InChI is InChI=1S/C24H19N3O4/c1-17-5-9-21(10-6-17)26-24(28)16-31-23-11-7-18(8-12-23)13-20(15-25)19-3-2-4-22(14-19)27(29)30/h2-14H,16H2,1H3,(H,26,28). The van der Waals surface area contributed by atoms with Gasteiger partial charge in [-0.25, -0.2) is 0 Å². The fraction of sp³-hybridized carbons (Fsp3) is 0.0833. The number of non-ortho nitro benzene ring substituents is 1. The molecule has 7 nitrogen and oxygen atoms in total. The number of aryl methyl sites for hydroxylation is 1. The summed E-state index contributed by atoms with van der Waals surface area (Å²) in [5.74, 6) is 0.232. The van der Waals surface area contributed by atoms with Crippen molar-refractivity contribution in [2.45, 2.75) is 6.92 Å². The van der Waals surface area contributed by atoms with Gasteiger partial charge < -0.3 is 10.1 Å². The van der Waals surface area contributed by atoms with Gasteiger partial charge in [0.2, 0.25) is 0 Å². The lowest BCUT2D eigenvalue weighted by atomic mass is 10.0. The highest BCUT2D eigenvalue weighted by Crippen LogP contribution is 2.23. The molecule has 31 heavy (non-hydrogen) atoms. The molecule has 1 amide bonds. The van der Waals surface area contributed by atoms with Crippen LogP contribution < -0.4 is 10.1 Å². The first kappa shape index (κ1) is 21.3. The molecule has 7 heteroatoms. The van der Waals surface area contributed by atoms with Gasteiger partial charge in [-0.05, 0) is 48.4 Å². The van der Waals surface area contributed by atoms with E-state index in [1.807, 2.05) is 31.2 Å². The summed E-state index contributed by atoms with van der Waals surface area (Å²) in [6, 6.07) is 22.3. The molecule has 0 bridgehead atoms. The quantitative estimate of drug-likeness (QED) is 0.254. The smallest absolute Gasteiger partial charge is 0.270 e. The van der Waals surface area contributed by atoms with Crippen molar-refractivity contribution in [2.75, 3.05) is 11.9 Å². The zero-order valence-corrected chi connectivity index (χ0v) is 16.7. The molecule has 3 aromatic carbocycles. The zero-order valence-electron chi connectivity index (χ0n) is 16.7. The summed E-state index contributed by atoms with van der Waals surface area (Å²) in [5, 5.41) is 23.2. The lowest BCUT2D eigenvalue weighted by molar-refractivity contribution is -0.384. The number of allylic oxidation sites excluding steroid dienone is 1. The molecule has 0 spiro atoms. The lowest BCUT2D eigenvalue weighted by Crippen LogP contribution is -2.20. The van der Waals surface area contributed by atoms with Crippen LogP contribution in [0.5, 0.6) is 5.75 Å². The minimum atomic E-state index is -0.500. The molecular formula is C24H19N3O4. The van der Waals surface area contributed by atoms with E-state index < -0.39 is 4.92 Å². The zero-order chi connectivity index (χ0) is 22.2. The number of carbonyl (C=O) groups excluding carboxylic acids is 1. The summed E-state index contributed by atoms with van der Waals surface area (Å²) in [4.78, 5) is 22.5. The molecule has 3 rings (SSSR count). The van der Waals surface area contributed by atoms with Crippen molar-refractivity contribution in [3.8, 4) is 11.8 Å². The topological polar surface area (TPSA) is 105 Å². The fourth-order valence-electron chi connectivity index (χ4n) is 2.78. The highest BCUT2D eigenvalue weighted by molar-refractivity contribution is 5.92. The van der Waals surface area contributed by atoms with Gasteiger partial charge in [0.15, 0.2) is 6.61 Å². The van der Waals surface area contributed by atoms with Crippen molar-refractivity contribution in [3.05, 3.63) is 99.6 Å². The number of benzene rings is 3. The van der Waals surface area contributed by atoms with Crippen molar-refractivity contribution >= 4 is 28.9 Å². The molecule has 0 unspecified atom stereocenters. The van der Waals surface area contributed by atoms with E-state index in [9.17, 15) is 20.2 Å². The Balaban J connectivity index is 1.63. The number of anilines is 1. The van der Waals surface area contributed by atoms with E-state index in [1.54, 1.807) is 36.4 Å². The maximum Gasteiger partial charge on any atom is 0.270 e. The molecule has 0 atom stereocenters. The van der Waals surface area contributed by atoms with Crippen LogP contribution in [-0.4, -0.2) is 17.4 Å². The molecule has 0 radical (unpaired) electrons. The monoisotopic (exact) mass is 413 g/mol. The summed E-state index contributed by atoms with van der Waals surface area (Å²) in [5.41, 5.74) is 3.21. The van der Waals surface area contributed by atoms with Crippen LogP contribution in [-0.2, 0) is 4.79 Å². The molecule has 3 aromatic rings. The van der Waals surface area contributed by atoms with Crippen molar-refractivity contribution in [1.82, 2.24) is 0 Å². The molecule has 0 saturated heterocycles. The first-order chi connectivity index (χ1) is 14.9. The van der Waals surface area contributed by atoms with Gasteiger partial charge in [0.25, 0.3) is 11.6 Å². The van der Waals surface area contributed by atoms with Gasteiger partial charge in [0, 0.05) is 17.8 Å². The number of nitriles is 1. The minimum absolute atomic E-state index is 0.0775. The molecule has 0 saturated carbocycles. The largest absolute Gasteiger partial charge is 0.484 e. The Morgan fingerprint density at radius 1 is 1.13 bits per heavy atom. The number of hydrogen-bond donors (Lipinski definition) is 1. The predicted octanol–water partition coefficient (Wildman–Crippen LogP) is 4.98. The SMILES string of the molecule is Cc1ccc(NC(=O)COc2ccc(C=C(C#N)c3cccc([N+](=O)[O-])c3)cc2)cc1. The van der Waals surface area contributed by atoms with E-state index >= 15 is 0 Å². The summed E-state index contributed by atoms with van der Waals surface area (Å²) < 4.78 is 5.50. The van der Waals surface area contributed by atoms with Crippen molar-refractivity contribution in [2.24, 2.45) is 0 Å². The van der Waals surface area contributed by atoms with E-state index in [0.717, 1.165) is 11.1 Å². The minimum Gasteiger partial charge on any atom is -0.484 e. The molecule has 0 fully saturated rings. The molecule has 154 valence electrons. The van der Waals surface area contributed by atoms with Gasteiger partial charge in [-0.3, -0.25) is 14.9 Å². The second-order valence-corrected chi connectivity index (χ2v) is 6.75. The van der Waals surface area contributed by atoms with E-state index in [4.69, 9.17) is 4.74 Å². The van der Waals surface area contributed by atoms with Crippen molar-refractivity contribution in [1.29, 1.82) is 5.26 Å². The second-order valence-electron chi connectivity index (χ2n) is 6.75. The van der Waals surface area contributed by atoms with Crippen LogP contribution in [0.25, 0.3) is 11.6 Å². The summed E-state index contributed by atoms with van der Waals surface area (Å²) in [6.45, 7) is 1.83. The number of nitro benzene ring substituents is 1. The number of ether oxygens (including phenoxy) is 1. The van der Waals surface area contributed by atoms with Gasteiger partial charge in [-0.2, -0.15) is 5.26 Å². The molecule has 0 aromatic heterocycles. The highest BCUT2D eigenvalue weighted by Gasteiger charge is 2.09. The van der Waals surface area contributed by atoms with Crippen LogP contribution in [0.15, 0.2) is 72.8 Å². The van der Waals surface area contributed by atoms with E-state index in [-0.39, 0.29) is 18.2 Å². The third kappa shape index (κ3) is 6.02. The van der Waals surface area contributed by atoms with Crippen molar-refractivity contribution < 1.29 is 14.5 Å². The molecule has 0 heterocycles. The molecule has 0 aliphatic heterocycles. The number of rotatable bonds is 7. The third-order valence-electron chi connectivity index (χ3n) is 4.38. The predicted molar refractivity (Wildman–Crippen MR) is 118 cm³/mol. The van der Waals surface area contributed by atoms with Gasteiger partial charge in [-0.15, -0.1) is 0 Å². The number of amides is 1. The first-order valence-electron chi connectivity index (χ1n) is 9.40. The Morgan fingerprint density at radius 3 is 2.48 bits per heavy atom. The Labute approximate surface area is 179 Å². The molecule has 0 aliphatic carbocycles. The van der Waals surface area contributed by atoms with E-state index in [2.05, 4.69) is 11.4 Å². The van der Waals surface area contributed by atoms with Crippen LogP contribution >= 0.6 is 0 Å². The highest BCUT2D eigenvalue weighted by atomic mass is 16.6. The number of nitro groups is 1. The average molecular weight is 413 g/mol. The van der Waals surface area contributed by atoms with Crippen molar-refractivity contribution in [3.63, 3.8) is 0 Å². The molecular weight excluding hydrogens is 394 g/mol. The summed E-state index contributed by atoms with van der Waals surface area (Å²) in [7, 11) is 0. The second kappa shape index (κ2) is 9.85. The van der Waals surface area contributed by atoms with Crippen LogP contribution in [0.2, 0.25) is 0 Å². The van der Waals surface area contributed by atoms with Crippen LogP contribution in [0, 0.1) is 28.4 Å². The maximum absolute atomic E-state index is 12.0. The summed E-state index contributed by atoms with van der Waals surface area (Å²) >= 11 is 0. The summed E-state index contributed by atoms with van der Waals surface area (Å²) in [6.07, 6.45) is 1.63. The fourth-order valence-corrected chi connectivity index (χ4v) is 2.78. The maximum atomic E-state index is 12.0. The van der Waals surface area contributed by atoms with Crippen LogP contribution in [0.4, 0.5) is 11.4 Å². The van der Waals surface area contributed by atoms with Gasteiger partial charge in [-0.1, -0.05) is 42.0 Å². The lowest BCUT2D eigenvalue weighted by Gasteiger charge is -2.08. The molecule has 1 N–H and O–H groups in total. The number of nitrogens with zero attached hydrogens (tertiary/aromatic N) is 2. The average Bonchev–Trinajstić information content (AvgIpc) is 2.78. The van der Waals surface area contributed by atoms with Gasteiger partial charge >= 0.3 is 0 Å². The number of nitrogens with one attached hydrogen (secondary N) is 1. The van der Waals surface area contributed by atoms with Gasteiger partial charge in [0.1, 0.15) is 5.75 Å². The normalized spacial score (nSPS) is 10.8. The van der Waals surface area contributed by atoms with Crippen LogP contribution in [0.3, 0.4) is 0 Å². The Kier molecular flexibility index (Phi) is 6.76.